The van der Waals surface area contributed by atoms with Gasteiger partial charge in [0.25, 0.3) is 0 Å². The number of rotatable bonds is 10. The highest BCUT2D eigenvalue weighted by atomic mass is 16.8. The Kier molecular flexibility index (Phi) is 9.92. The zero-order chi connectivity index (χ0) is 15.3. The van der Waals surface area contributed by atoms with Crippen molar-refractivity contribution in [2.45, 2.75) is 70.7 Å². The average molecular weight is 294 g/mol. The van der Waals surface area contributed by atoms with Crippen LogP contribution in [0.4, 0.5) is 0 Å². The van der Waals surface area contributed by atoms with Crippen LogP contribution < -0.4 is 4.74 Å². The van der Waals surface area contributed by atoms with Gasteiger partial charge in [-0.2, -0.15) is 0 Å². The number of unbranched alkanes of at least 4 members (excludes halogenated alkanes) is 6. The summed E-state index contributed by atoms with van der Waals surface area (Å²) < 4.78 is 11.3. The molecule has 1 saturated heterocycles. The van der Waals surface area contributed by atoms with Crippen molar-refractivity contribution in [2.75, 3.05) is 7.11 Å². The molecule has 1 aliphatic rings. The molecular formula is C18H30O3. The number of aliphatic hydroxyl groups is 1. The zero-order valence-electron chi connectivity index (χ0n) is 13.5. The van der Waals surface area contributed by atoms with E-state index in [9.17, 15) is 0 Å². The molecule has 0 radical (unpaired) electrons. The Bertz CT molecular complexity index is 340. The summed E-state index contributed by atoms with van der Waals surface area (Å²) in [4.78, 5) is 0. The van der Waals surface area contributed by atoms with Crippen LogP contribution in [-0.4, -0.2) is 24.6 Å². The highest BCUT2D eigenvalue weighted by molar-refractivity contribution is 5.21. The van der Waals surface area contributed by atoms with Gasteiger partial charge < -0.3 is 14.6 Å². The first kappa shape index (κ1) is 18.0. The van der Waals surface area contributed by atoms with E-state index in [0.29, 0.717) is 6.10 Å². The first-order valence-electron chi connectivity index (χ1n) is 8.22. The lowest BCUT2D eigenvalue weighted by atomic mass is 10.1. The van der Waals surface area contributed by atoms with Crippen LogP contribution in [0.2, 0.25) is 0 Å². The fourth-order valence-electron chi connectivity index (χ4n) is 2.37. The summed E-state index contributed by atoms with van der Waals surface area (Å²) in [6.07, 6.45) is 11.0. The topological polar surface area (TPSA) is 42.0 Å². The molecule has 2 rings (SSSR count). The van der Waals surface area contributed by atoms with Gasteiger partial charge >= 0.3 is 0 Å². The Morgan fingerprint density at radius 2 is 1.57 bits per heavy atom. The molecule has 2 atom stereocenters. The first-order chi connectivity index (χ1) is 10.4. The number of ether oxygens (including phenoxy) is 2. The monoisotopic (exact) mass is 294 g/mol. The van der Waals surface area contributed by atoms with E-state index >= 15 is 0 Å². The second kappa shape index (κ2) is 11.6. The Morgan fingerprint density at radius 1 is 0.952 bits per heavy atom. The number of para-hydroxylation sites is 1. The fourth-order valence-corrected chi connectivity index (χ4v) is 2.37. The van der Waals surface area contributed by atoms with E-state index in [0.717, 1.165) is 19.3 Å². The van der Waals surface area contributed by atoms with Crippen molar-refractivity contribution in [3.8, 4) is 5.75 Å². The molecule has 1 aliphatic heterocycles. The molecule has 0 bridgehead atoms. The van der Waals surface area contributed by atoms with Gasteiger partial charge in [-0.25, -0.2) is 0 Å². The lowest BCUT2D eigenvalue weighted by molar-refractivity contribution is 0.178. The van der Waals surface area contributed by atoms with E-state index in [-0.39, 0.29) is 6.29 Å². The van der Waals surface area contributed by atoms with Gasteiger partial charge in [-0.1, -0.05) is 70.1 Å². The molecule has 1 aromatic carbocycles. The maximum atomic E-state index is 7.00. The number of hydrogen-bond donors (Lipinski definition) is 1. The van der Waals surface area contributed by atoms with Gasteiger partial charge in [0.15, 0.2) is 0 Å². The molecule has 2 unspecified atom stereocenters. The third kappa shape index (κ3) is 8.08. The highest BCUT2D eigenvalue weighted by Gasteiger charge is 2.40. The molecule has 3 nitrogen and oxygen atoms in total. The SMILES string of the molecule is CCCCCCCCCC1OC1Oc1ccccc1.CO. The molecule has 1 N–H and O–H groups in total. The third-order valence-electron chi connectivity index (χ3n) is 3.62. The minimum atomic E-state index is 0.00231. The van der Waals surface area contributed by atoms with Crippen molar-refractivity contribution >= 4 is 0 Å². The number of benzene rings is 1. The minimum absolute atomic E-state index is 0.00231. The molecule has 1 aromatic rings. The Labute approximate surface area is 129 Å². The van der Waals surface area contributed by atoms with Gasteiger partial charge in [-0.15, -0.1) is 0 Å². The summed E-state index contributed by atoms with van der Waals surface area (Å²) in [5.41, 5.74) is 0. The predicted octanol–water partition coefficient (Wildman–Crippen LogP) is 4.54. The van der Waals surface area contributed by atoms with Crippen molar-refractivity contribution < 1.29 is 14.6 Å². The lowest BCUT2D eigenvalue weighted by Crippen LogP contribution is -2.03. The first-order valence-corrected chi connectivity index (χ1v) is 8.22. The average Bonchev–Trinajstić information content (AvgIpc) is 3.27. The van der Waals surface area contributed by atoms with Gasteiger partial charge in [-0.3, -0.25) is 0 Å². The Balaban J connectivity index is 0.00000106. The van der Waals surface area contributed by atoms with E-state index in [4.69, 9.17) is 14.6 Å². The van der Waals surface area contributed by atoms with Crippen LogP contribution in [0.1, 0.15) is 58.3 Å². The fraction of sp³-hybridized carbons (Fsp3) is 0.667. The van der Waals surface area contributed by atoms with Crippen LogP contribution >= 0.6 is 0 Å². The van der Waals surface area contributed by atoms with Crippen LogP contribution in [0.15, 0.2) is 30.3 Å². The molecule has 0 amide bonds. The molecule has 0 aliphatic carbocycles. The molecule has 1 fully saturated rings. The molecule has 0 aromatic heterocycles. The standard InChI is InChI=1S/C17H26O2.CH4O/c1-2-3-4-5-6-7-11-14-16-17(19-16)18-15-12-9-8-10-13-15;1-2/h8-10,12-13,16-17H,2-7,11,14H2,1H3;2H,1H3. The van der Waals surface area contributed by atoms with Gasteiger partial charge in [0, 0.05) is 7.11 Å². The van der Waals surface area contributed by atoms with Crippen LogP contribution in [0.25, 0.3) is 0 Å². The summed E-state index contributed by atoms with van der Waals surface area (Å²) in [6.45, 7) is 2.26. The van der Waals surface area contributed by atoms with Gasteiger partial charge in [-0.05, 0) is 18.6 Å². The minimum Gasteiger partial charge on any atom is -0.462 e. The van der Waals surface area contributed by atoms with Crippen LogP contribution in [0.3, 0.4) is 0 Å². The molecule has 21 heavy (non-hydrogen) atoms. The van der Waals surface area contributed by atoms with E-state index in [1.165, 1.54) is 44.9 Å². The quantitative estimate of drug-likeness (QED) is 0.509. The second-order valence-electron chi connectivity index (χ2n) is 5.38. The summed E-state index contributed by atoms with van der Waals surface area (Å²) in [5.74, 6) is 0.912. The van der Waals surface area contributed by atoms with E-state index in [1.807, 2.05) is 30.3 Å². The maximum Gasteiger partial charge on any atom is 0.227 e. The van der Waals surface area contributed by atoms with Crippen LogP contribution in [-0.2, 0) is 4.74 Å². The maximum absolute atomic E-state index is 7.00. The second-order valence-corrected chi connectivity index (χ2v) is 5.38. The van der Waals surface area contributed by atoms with Crippen molar-refractivity contribution in [2.24, 2.45) is 0 Å². The summed E-state index contributed by atoms with van der Waals surface area (Å²) >= 11 is 0. The van der Waals surface area contributed by atoms with Crippen molar-refractivity contribution in [1.82, 2.24) is 0 Å². The lowest BCUT2D eigenvalue weighted by Gasteiger charge is -2.02. The van der Waals surface area contributed by atoms with E-state index in [1.54, 1.807) is 0 Å². The van der Waals surface area contributed by atoms with Crippen LogP contribution in [0.5, 0.6) is 5.75 Å². The van der Waals surface area contributed by atoms with Gasteiger partial charge in [0.05, 0.1) is 0 Å². The molecule has 0 saturated carbocycles. The van der Waals surface area contributed by atoms with E-state index in [2.05, 4.69) is 6.92 Å². The number of hydrogen-bond acceptors (Lipinski definition) is 3. The Morgan fingerprint density at radius 3 is 2.24 bits per heavy atom. The number of epoxide rings is 1. The van der Waals surface area contributed by atoms with Gasteiger partial charge in [0.1, 0.15) is 11.9 Å². The zero-order valence-corrected chi connectivity index (χ0v) is 13.5. The third-order valence-corrected chi connectivity index (χ3v) is 3.62. The smallest absolute Gasteiger partial charge is 0.227 e. The predicted molar refractivity (Wildman–Crippen MR) is 86.5 cm³/mol. The molecule has 120 valence electrons. The largest absolute Gasteiger partial charge is 0.462 e. The van der Waals surface area contributed by atoms with E-state index < -0.39 is 0 Å². The van der Waals surface area contributed by atoms with Crippen molar-refractivity contribution in [3.63, 3.8) is 0 Å². The normalized spacial score (nSPS) is 19.6. The molecular weight excluding hydrogens is 264 g/mol. The molecule has 0 spiro atoms. The number of aliphatic hydroxyl groups excluding tert-OH is 1. The van der Waals surface area contributed by atoms with Gasteiger partial charge in [0.2, 0.25) is 6.29 Å². The highest BCUT2D eigenvalue weighted by Crippen LogP contribution is 2.30. The molecule has 1 heterocycles. The summed E-state index contributed by atoms with van der Waals surface area (Å²) in [7, 11) is 1.00. The molecule has 3 heteroatoms. The van der Waals surface area contributed by atoms with Crippen molar-refractivity contribution in [3.05, 3.63) is 30.3 Å². The van der Waals surface area contributed by atoms with Crippen molar-refractivity contribution in [1.29, 1.82) is 0 Å². The summed E-state index contributed by atoms with van der Waals surface area (Å²) in [6, 6.07) is 9.93. The van der Waals surface area contributed by atoms with Crippen LogP contribution in [0, 0.1) is 0 Å². The Hall–Kier alpha value is -1.06. The summed E-state index contributed by atoms with van der Waals surface area (Å²) in [5, 5.41) is 7.00.